The molecule has 2 heterocycles. The molecule has 0 saturated carbocycles. The molecule has 10 aromatic rings. The maximum Gasteiger partial charge on any atom is 0.202 e. The fourth-order valence-electron chi connectivity index (χ4n) is 10.0. The van der Waals surface area contributed by atoms with Gasteiger partial charge < -0.3 is 24.5 Å². The normalized spacial score (nSPS) is 12.0. The second-order valence-electron chi connectivity index (χ2n) is 17.2. The van der Waals surface area contributed by atoms with Gasteiger partial charge in [0.25, 0.3) is 0 Å². The van der Waals surface area contributed by atoms with Gasteiger partial charge >= 0.3 is 0 Å². The Morgan fingerprint density at radius 2 is 0.853 bits per heavy atom. The lowest BCUT2D eigenvalue weighted by Crippen LogP contribution is -2.45. The molecular formula is C60H43B2N3O2S. The van der Waals surface area contributed by atoms with Gasteiger partial charge in [0, 0.05) is 68.1 Å². The third-order valence-electron chi connectivity index (χ3n) is 13.1. The molecule has 2 aliphatic rings. The van der Waals surface area contributed by atoms with Crippen LogP contribution >= 0.6 is 12.6 Å². The van der Waals surface area contributed by atoms with E-state index in [0.717, 1.165) is 101 Å². The highest BCUT2D eigenvalue weighted by Gasteiger charge is 2.33. The first-order valence-electron chi connectivity index (χ1n) is 23.0. The molecule has 0 aromatic heterocycles. The van der Waals surface area contributed by atoms with Crippen molar-refractivity contribution in [1.29, 1.82) is 0 Å². The summed E-state index contributed by atoms with van der Waals surface area (Å²) in [7, 11) is 1.31. The minimum atomic E-state index is 0.221. The summed E-state index contributed by atoms with van der Waals surface area (Å²) >= 11 is 5.09. The van der Waals surface area contributed by atoms with Crippen LogP contribution in [0.1, 0.15) is 0 Å². The summed E-state index contributed by atoms with van der Waals surface area (Å²) in [4.78, 5) is 7.91. The number of fused-ring (bicyclic) bond motifs is 4. The average molecular weight is 892 g/mol. The number of thiol groups is 1. The Morgan fingerprint density at radius 3 is 1.41 bits per heavy atom. The molecular weight excluding hydrogens is 848 g/mol. The number of benzene rings is 10. The monoisotopic (exact) mass is 891 g/mol. The second-order valence-corrected chi connectivity index (χ2v) is 17.7. The number of aromatic hydroxyl groups is 1. The van der Waals surface area contributed by atoms with E-state index in [2.05, 4.69) is 209 Å². The van der Waals surface area contributed by atoms with E-state index in [9.17, 15) is 5.11 Å². The van der Waals surface area contributed by atoms with Gasteiger partial charge in [-0.2, -0.15) is 0 Å². The highest BCUT2D eigenvalue weighted by atomic mass is 32.1. The standard InChI is InChI=1S/C60H43B2N3O2S/c66-55-32-18-16-30-47(55)49-35-46(64(42-24-10-3-11-25-42)43-26-12-4-13-27-43)37-57-60(49)62-52-38-51-53(39-56(52)67-57)65(44-28-14-5-15-29-44)54-36-45(34-50(59(54)61-51)48-31-17-19-33-58(48)68)63(40-20-6-1-7-21-40)41-22-8-2-9-23-41/h1-39,61-62,66,68H. The summed E-state index contributed by atoms with van der Waals surface area (Å²) in [6.45, 7) is 0. The number of para-hydroxylation sites is 6. The van der Waals surface area contributed by atoms with Crippen LogP contribution in [0.15, 0.2) is 241 Å². The first-order valence-corrected chi connectivity index (χ1v) is 23.4. The van der Waals surface area contributed by atoms with Gasteiger partial charge in [-0.25, -0.2) is 0 Å². The molecule has 10 aromatic carbocycles. The maximum atomic E-state index is 11.5. The van der Waals surface area contributed by atoms with Gasteiger partial charge in [0.15, 0.2) is 7.28 Å². The molecule has 0 bridgehead atoms. The molecule has 2 aliphatic heterocycles. The van der Waals surface area contributed by atoms with E-state index in [0.29, 0.717) is 14.6 Å². The van der Waals surface area contributed by atoms with E-state index in [1.54, 1.807) is 6.07 Å². The fourth-order valence-corrected chi connectivity index (χ4v) is 10.3. The third kappa shape index (κ3) is 7.45. The average Bonchev–Trinajstić information content (AvgIpc) is 3.38. The lowest BCUT2D eigenvalue weighted by molar-refractivity contribution is 0.477. The minimum absolute atomic E-state index is 0.221. The number of ether oxygens (including phenoxy) is 1. The van der Waals surface area contributed by atoms with Crippen LogP contribution in [0.5, 0.6) is 17.2 Å². The number of rotatable bonds is 9. The van der Waals surface area contributed by atoms with E-state index >= 15 is 0 Å². The van der Waals surface area contributed by atoms with Crippen LogP contribution in [0.2, 0.25) is 0 Å². The Balaban J connectivity index is 1.06. The van der Waals surface area contributed by atoms with E-state index in [4.69, 9.17) is 17.4 Å². The van der Waals surface area contributed by atoms with Gasteiger partial charge in [0.05, 0.1) is 5.69 Å². The van der Waals surface area contributed by atoms with Crippen molar-refractivity contribution in [3.05, 3.63) is 237 Å². The summed E-state index contributed by atoms with van der Waals surface area (Å²) in [6.07, 6.45) is 0. The van der Waals surface area contributed by atoms with Crippen LogP contribution < -0.4 is 41.3 Å². The van der Waals surface area contributed by atoms with Gasteiger partial charge in [-0.15, -0.1) is 12.6 Å². The van der Waals surface area contributed by atoms with Crippen molar-refractivity contribution >= 4 is 100 Å². The Hall–Kier alpha value is -8.32. The highest BCUT2D eigenvalue weighted by molar-refractivity contribution is 7.80. The molecule has 0 saturated heterocycles. The fraction of sp³-hybridized carbons (Fsp3) is 0. The van der Waals surface area contributed by atoms with E-state index in [1.165, 1.54) is 10.9 Å². The quantitative estimate of drug-likeness (QED) is 0.112. The van der Waals surface area contributed by atoms with Crippen LogP contribution in [0.3, 0.4) is 0 Å². The number of nitrogens with zero attached hydrogens (tertiary/aromatic N) is 3. The zero-order chi connectivity index (χ0) is 45.6. The van der Waals surface area contributed by atoms with Crippen molar-refractivity contribution in [1.82, 2.24) is 0 Å². The second kappa shape index (κ2) is 17.5. The molecule has 0 fully saturated rings. The molecule has 12 rings (SSSR count). The van der Waals surface area contributed by atoms with Crippen molar-refractivity contribution < 1.29 is 9.84 Å². The topological polar surface area (TPSA) is 39.2 Å². The SMILES string of the molecule is Oc1ccccc1-c1cc(N(c2ccccc2)c2ccccc2)cc2c1Bc1cc3c(cc1O2)N(c1ccccc1)c1cc(N(c2ccccc2)c2ccccc2)cc(-c2ccccc2S)c1B3. The van der Waals surface area contributed by atoms with Gasteiger partial charge in [-0.05, 0) is 124 Å². The summed E-state index contributed by atoms with van der Waals surface area (Å²) in [5.41, 5.74) is 17.7. The number of phenols is 1. The summed E-state index contributed by atoms with van der Waals surface area (Å²) in [6, 6.07) is 82.2. The highest BCUT2D eigenvalue weighted by Crippen LogP contribution is 2.46. The van der Waals surface area contributed by atoms with Crippen LogP contribution in [-0.4, -0.2) is 19.7 Å². The number of hydrogen-bond donors (Lipinski definition) is 2. The number of anilines is 9. The van der Waals surface area contributed by atoms with E-state index in [1.807, 2.05) is 36.4 Å². The lowest BCUT2D eigenvalue weighted by atomic mass is 9.54. The molecule has 8 heteroatoms. The zero-order valence-corrected chi connectivity index (χ0v) is 38.0. The molecule has 0 radical (unpaired) electrons. The first kappa shape index (κ1) is 41.1. The molecule has 0 amide bonds. The molecule has 5 nitrogen and oxygen atoms in total. The molecule has 1 N–H and O–H groups in total. The maximum absolute atomic E-state index is 11.5. The Morgan fingerprint density at radius 1 is 0.382 bits per heavy atom. The summed E-state index contributed by atoms with van der Waals surface area (Å²) in [5, 5.41) is 11.5. The van der Waals surface area contributed by atoms with Crippen molar-refractivity contribution in [2.24, 2.45) is 0 Å². The number of hydrogen-bond acceptors (Lipinski definition) is 6. The van der Waals surface area contributed by atoms with Crippen LogP contribution in [-0.2, 0) is 0 Å². The van der Waals surface area contributed by atoms with Crippen molar-refractivity contribution in [2.75, 3.05) is 14.7 Å². The zero-order valence-electron chi connectivity index (χ0n) is 37.1. The number of phenolic OH excluding ortho intramolecular Hbond substituents is 1. The van der Waals surface area contributed by atoms with Gasteiger partial charge in [-0.3, -0.25) is 0 Å². The molecule has 0 spiro atoms. The molecule has 0 unspecified atom stereocenters. The van der Waals surface area contributed by atoms with Gasteiger partial charge in [-0.1, -0.05) is 139 Å². The third-order valence-corrected chi connectivity index (χ3v) is 13.5. The largest absolute Gasteiger partial charge is 0.507 e. The van der Waals surface area contributed by atoms with E-state index in [-0.39, 0.29) is 5.75 Å². The van der Waals surface area contributed by atoms with Crippen LogP contribution in [0, 0.1) is 0 Å². The lowest BCUT2D eigenvalue weighted by Gasteiger charge is -2.37. The first-order chi connectivity index (χ1) is 33.6. The van der Waals surface area contributed by atoms with Crippen LogP contribution in [0.4, 0.5) is 51.2 Å². The van der Waals surface area contributed by atoms with Gasteiger partial charge in [0.2, 0.25) is 7.28 Å². The Kier molecular flexibility index (Phi) is 10.6. The van der Waals surface area contributed by atoms with Gasteiger partial charge in [0.1, 0.15) is 17.2 Å². The Labute approximate surface area is 403 Å². The minimum Gasteiger partial charge on any atom is -0.507 e. The predicted octanol–water partition coefficient (Wildman–Crippen LogP) is 12.6. The predicted molar refractivity (Wildman–Crippen MR) is 290 cm³/mol. The van der Waals surface area contributed by atoms with E-state index < -0.39 is 0 Å². The van der Waals surface area contributed by atoms with Crippen molar-refractivity contribution in [2.45, 2.75) is 4.90 Å². The van der Waals surface area contributed by atoms with Crippen molar-refractivity contribution in [3.8, 4) is 39.5 Å². The summed E-state index contributed by atoms with van der Waals surface area (Å²) in [5.74, 6) is 1.78. The molecule has 0 atom stereocenters. The molecule has 0 aliphatic carbocycles. The summed E-state index contributed by atoms with van der Waals surface area (Å²) < 4.78 is 7.21. The Bertz CT molecular complexity index is 3390. The molecule has 322 valence electrons. The van der Waals surface area contributed by atoms with Crippen LogP contribution in [0.25, 0.3) is 22.3 Å². The molecule has 68 heavy (non-hydrogen) atoms. The smallest absolute Gasteiger partial charge is 0.202 e. The van der Waals surface area contributed by atoms with Crippen molar-refractivity contribution in [3.63, 3.8) is 0 Å².